The smallest absolute Gasteiger partial charge is 0.193 e. The monoisotopic (exact) mass is 413 g/mol. The number of halogens is 1. The molecule has 0 saturated carbocycles. The maximum absolute atomic E-state index is 4.80. The Bertz CT molecular complexity index is 264. The number of guanidine groups is 1. The van der Waals surface area contributed by atoms with Crippen LogP contribution in [0.2, 0.25) is 0 Å². The molecule has 0 aromatic carbocycles. The van der Waals surface area contributed by atoms with Crippen LogP contribution in [0.5, 0.6) is 0 Å². The summed E-state index contributed by atoms with van der Waals surface area (Å²) in [5.41, 5.74) is 0. The van der Waals surface area contributed by atoms with Crippen LogP contribution in [0.1, 0.15) is 40.0 Å². The van der Waals surface area contributed by atoms with Crippen molar-refractivity contribution in [3.05, 3.63) is 0 Å². The average molecular weight is 413 g/mol. The Kier molecular flexibility index (Phi) is 12.2. The van der Waals surface area contributed by atoms with E-state index in [0.717, 1.165) is 44.0 Å². The van der Waals surface area contributed by atoms with Gasteiger partial charge in [0.25, 0.3) is 0 Å². The standard InChI is InChI=1S/C15H31N3S.HI/c1-5-16-15(17-8-6-7-9-19-4)18-11-13(2)10-14(3)12-18;/h13-14H,5-12H2,1-4H3,(H,16,17);1H. The van der Waals surface area contributed by atoms with E-state index >= 15 is 0 Å². The van der Waals surface area contributed by atoms with E-state index in [9.17, 15) is 0 Å². The Balaban J connectivity index is 0.00000361. The number of hydrogen-bond acceptors (Lipinski definition) is 2. The van der Waals surface area contributed by atoms with Crippen molar-refractivity contribution in [1.82, 2.24) is 10.2 Å². The van der Waals surface area contributed by atoms with Crippen LogP contribution in [0.4, 0.5) is 0 Å². The number of hydrogen-bond donors (Lipinski definition) is 1. The first-order valence-electron chi connectivity index (χ1n) is 7.69. The normalized spacial score (nSPS) is 23.4. The fraction of sp³-hybridized carbons (Fsp3) is 0.933. The third-order valence-corrected chi connectivity index (χ3v) is 4.22. The van der Waals surface area contributed by atoms with Gasteiger partial charge in [-0.05, 0) is 50.0 Å². The molecule has 1 heterocycles. The molecule has 120 valence electrons. The summed E-state index contributed by atoms with van der Waals surface area (Å²) in [4.78, 5) is 7.26. The zero-order valence-electron chi connectivity index (χ0n) is 13.5. The van der Waals surface area contributed by atoms with E-state index in [1.807, 2.05) is 11.8 Å². The highest BCUT2D eigenvalue weighted by molar-refractivity contribution is 14.0. The number of nitrogens with one attached hydrogen (secondary N) is 1. The van der Waals surface area contributed by atoms with E-state index < -0.39 is 0 Å². The number of rotatable bonds is 6. The molecule has 0 bridgehead atoms. The molecule has 1 saturated heterocycles. The van der Waals surface area contributed by atoms with E-state index in [1.165, 1.54) is 25.0 Å². The lowest BCUT2D eigenvalue weighted by Gasteiger charge is -2.37. The van der Waals surface area contributed by atoms with Gasteiger partial charge >= 0.3 is 0 Å². The molecule has 0 radical (unpaired) electrons. The number of piperidine rings is 1. The Morgan fingerprint density at radius 2 is 1.90 bits per heavy atom. The Hall–Kier alpha value is 0.350. The maximum atomic E-state index is 4.80. The number of unbranched alkanes of at least 4 members (excludes halogenated alkanes) is 1. The summed E-state index contributed by atoms with van der Waals surface area (Å²) in [5, 5.41) is 3.46. The molecule has 0 amide bonds. The van der Waals surface area contributed by atoms with E-state index in [4.69, 9.17) is 4.99 Å². The van der Waals surface area contributed by atoms with E-state index in [2.05, 4.69) is 37.2 Å². The van der Waals surface area contributed by atoms with Crippen LogP contribution in [-0.2, 0) is 0 Å². The van der Waals surface area contributed by atoms with Gasteiger partial charge in [-0.3, -0.25) is 4.99 Å². The minimum atomic E-state index is 0. The van der Waals surface area contributed by atoms with Crippen molar-refractivity contribution < 1.29 is 0 Å². The molecule has 0 spiro atoms. The first-order valence-corrected chi connectivity index (χ1v) is 9.09. The van der Waals surface area contributed by atoms with Crippen LogP contribution >= 0.6 is 35.7 Å². The molecule has 5 heteroatoms. The Labute approximate surface area is 146 Å². The minimum absolute atomic E-state index is 0. The van der Waals surface area contributed by atoms with Crippen molar-refractivity contribution >= 4 is 41.7 Å². The van der Waals surface area contributed by atoms with Crippen molar-refractivity contribution in [1.29, 1.82) is 0 Å². The third-order valence-electron chi connectivity index (χ3n) is 3.52. The maximum Gasteiger partial charge on any atom is 0.193 e. The molecule has 0 aromatic rings. The molecule has 1 N–H and O–H groups in total. The van der Waals surface area contributed by atoms with Crippen LogP contribution in [-0.4, -0.2) is 49.0 Å². The highest BCUT2D eigenvalue weighted by atomic mass is 127. The fourth-order valence-corrected chi connectivity index (χ4v) is 3.30. The summed E-state index contributed by atoms with van der Waals surface area (Å²) in [6, 6.07) is 0. The topological polar surface area (TPSA) is 27.6 Å². The second kappa shape index (κ2) is 12.0. The van der Waals surface area contributed by atoms with Gasteiger partial charge in [0.15, 0.2) is 5.96 Å². The van der Waals surface area contributed by atoms with Gasteiger partial charge in [0, 0.05) is 26.2 Å². The number of nitrogens with zero attached hydrogens (tertiary/aromatic N) is 2. The summed E-state index contributed by atoms with van der Waals surface area (Å²) in [6.45, 7) is 11.1. The molecule has 0 aromatic heterocycles. The molecule has 20 heavy (non-hydrogen) atoms. The summed E-state index contributed by atoms with van der Waals surface area (Å²) in [7, 11) is 0. The molecular weight excluding hydrogens is 381 g/mol. The largest absolute Gasteiger partial charge is 0.357 e. The van der Waals surface area contributed by atoms with Gasteiger partial charge in [-0.2, -0.15) is 11.8 Å². The first kappa shape index (κ1) is 20.3. The van der Waals surface area contributed by atoms with Gasteiger partial charge in [-0.25, -0.2) is 0 Å². The van der Waals surface area contributed by atoms with Gasteiger partial charge in [0.1, 0.15) is 0 Å². The lowest BCUT2D eigenvalue weighted by atomic mass is 9.92. The van der Waals surface area contributed by atoms with Crippen LogP contribution in [0.3, 0.4) is 0 Å². The third kappa shape index (κ3) is 7.96. The lowest BCUT2D eigenvalue weighted by molar-refractivity contribution is 0.208. The highest BCUT2D eigenvalue weighted by Crippen LogP contribution is 2.20. The minimum Gasteiger partial charge on any atom is -0.357 e. The zero-order chi connectivity index (χ0) is 14.1. The van der Waals surface area contributed by atoms with Gasteiger partial charge in [-0.1, -0.05) is 13.8 Å². The van der Waals surface area contributed by atoms with E-state index in [1.54, 1.807) is 0 Å². The fourth-order valence-electron chi connectivity index (χ4n) is 2.80. The van der Waals surface area contributed by atoms with Crippen molar-refractivity contribution in [2.75, 3.05) is 38.2 Å². The molecule has 2 atom stereocenters. The Morgan fingerprint density at radius 3 is 2.45 bits per heavy atom. The molecule has 1 aliphatic rings. The molecule has 0 aliphatic carbocycles. The van der Waals surface area contributed by atoms with E-state index in [0.29, 0.717) is 0 Å². The second-order valence-corrected chi connectivity index (χ2v) is 6.77. The van der Waals surface area contributed by atoms with Crippen molar-refractivity contribution in [2.24, 2.45) is 16.8 Å². The molecule has 2 unspecified atom stereocenters. The molecule has 1 rings (SSSR count). The van der Waals surface area contributed by atoms with E-state index in [-0.39, 0.29) is 24.0 Å². The summed E-state index contributed by atoms with van der Waals surface area (Å²) in [5.74, 6) is 3.95. The summed E-state index contributed by atoms with van der Waals surface area (Å²) < 4.78 is 0. The quantitative estimate of drug-likeness (QED) is 0.312. The SMILES string of the molecule is CCNC(=NCCCCSC)N1CC(C)CC(C)C1.I. The van der Waals surface area contributed by atoms with Crippen LogP contribution in [0.15, 0.2) is 4.99 Å². The first-order chi connectivity index (χ1) is 9.17. The predicted molar refractivity (Wildman–Crippen MR) is 104 cm³/mol. The van der Waals surface area contributed by atoms with Crippen LogP contribution in [0.25, 0.3) is 0 Å². The zero-order valence-corrected chi connectivity index (χ0v) is 16.7. The molecule has 3 nitrogen and oxygen atoms in total. The number of aliphatic imine (C=N–C) groups is 1. The number of thioether (sulfide) groups is 1. The van der Waals surface area contributed by atoms with Crippen molar-refractivity contribution in [3.63, 3.8) is 0 Å². The van der Waals surface area contributed by atoms with Gasteiger partial charge in [-0.15, -0.1) is 24.0 Å². The summed E-state index contributed by atoms with van der Waals surface area (Å²) in [6.07, 6.45) is 6.00. The highest BCUT2D eigenvalue weighted by Gasteiger charge is 2.23. The van der Waals surface area contributed by atoms with Gasteiger partial charge in [0.05, 0.1) is 0 Å². The predicted octanol–water partition coefficient (Wildman–Crippen LogP) is 3.69. The lowest BCUT2D eigenvalue weighted by Crippen LogP contribution is -2.48. The average Bonchev–Trinajstić information content (AvgIpc) is 2.36. The molecule has 1 aliphatic heterocycles. The van der Waals surface area contributed by atoms with Crippen molar-refractivity contribution in [3.8, 4) is 0 Å². The van der Waals surface area contributed by atoms with Gasteiger partial charge < -0.3 is 10.2 Å². The van der Waals surface area contributed by atoms with Crippen LogP contribution < -0.4 is 5.32 Å². The molecule has 1 fully saturated rings. The molecular formula is C15H32IN3S. The summed E-state index contributed by atoms with van der Waals surface area (Å²) >= 11 is 1.92. The number of likely N-dealkylation sites (tertiary alicyclic amines) is 1. The Morgan fingerprint density at radius 1 is 1.25 bits per heavy atom. The van der Waals surface area contributed by atoms with Crippen molar-refractivity contribution in [2.45, 2.75) is 40.0 Å². The van der Waals surface area contributed by atoms with Crippen LogP contribution in [0, 0.1) is 11.8 Å². The van der Waals surface area contributed by atoms with Gasteiger partial charge in [0.2, 0.25) is 0 Å². The second-order valence-electron chi connectivity index (χ2n) is 5.79.